The van der Waals surface area contributed by atoms with Gasteiger partial charge in [-0.2, -0.15) is 11.8 Å². The summed E-state index contributed by atoms with van der Waals surface area (Å²) in [4.78, 5) is 11.2. The minimum absolute atomic E-state index is 0.150. The van der Waals surface area contributed by atoms with Crippen LogP contribution in [0.5, 0.6) is 0 Å². The van der Waals surface area contributed by atoms with E-state index in [0.717, 1.165) is 17.9 Å². The zero-order chi connectivity index (χ0) is 8.97. The molecule has 3 heteroatoms. The number of carbonyl (C=O) groups excluding carboxylic acids is 1. The van der Waals surface area contributed by atoms with Crippen molar-refractivity contribution in [3.8, 4) is 0 Å². The van der Waals surface area contributed by atoms with E-state index in [1.165, 1.54) is 0 Å². The molecule has 2 nitrogen and oxygen atoms in total. The summed E-state index contributed by atoms with van der Waals surface area (Å²) in [7, 11) is 0. The molecule has 0 amide bonds. The molecule has 0 N–H and O–H groups in total. The predicted molar refractivity (Wildman–Crippen MR) is 51.3 cm³/mol. The van der Waals surface area contributed by atoms with Crippen LogP contribution in [0.3, 0.4) is 0 Å². The van der Waals surface area contributed by atoms with Gasteiger partial charge < -0.3 is 4.74 Å². The Morgan fingerprint density at radius 3 is 2.92 bits per heavy atom. The summed E-state index contributed by atoms with van der Waals surface area (Å²) in [6.45, 7) is 3.63. The Morgan fingerprint density at radius 2 is 2.42 bits per heavy atom. The molecule has 0 spiro atoms. The molecule has 1 fully saturated rings. The van der Waals surface area contributed by atoms with E-state index >= 15 is 0 Å². The first kappa shape index (κ1) is 9.65. The molecule has 0 aliphatic carbocycles. The normalized spacial score (nSPS) is 24.2. The second-order valence-electron chi connectivity index (χ2n) is 2.86. The second kappa shape index (κ2) is 4.55. The van der Waals surface area contributed by atoms with Crippen molar-refractivity contribution < 1.29 is 9.53 Å². The summed E-state index contributed by atoms with van der Waals surface area (Å²) in [6.07, 6.45) is 2.94. The molecule has 0 aromatic heterocycles. The van der Waals surface area contributed by atoms with Crippen LogP contribution in [0, 0.1) is 0 Å². The summed E-state index contributed by atoms with van der Waals surface area (Å²) in [6, 6.07) is 0. The monoisotopic (exact) mass is 186 g/mol. The first-order chi connectivity index (χ1) is 5.74. The van der Waals surface area contributed by atoms with Crippen LogP contribution in [-0.4, -0.2) is 23.6 Å². The number of carbonyl (C=O) groups is 1. The predicted octanol–water partition coefficient (Wildman–Crippen LogP) is 2.00. The molecule has 68 valence electrons. The Hall–Kier alpha value is -0.440. The SMILES string of the molecule is C/C=C(/C)C(=O)OC1CCSC1. The molecule has 1 rings (SSSR count). The topological polar surface area (TPSA) is 26.3 Å². The molecule has 0 saturated carbocycles. The number of esters is 1. The number of hydrogen-bond acceptors (Lipinski definition) is 3. The summed E-state index contributed by atoms with van der Waals surface area (Å²) in [5, 5.41) is 0. The van der Waals surface area contributed by atoms with Gasteiger partial charge in [-0.3, -0.25) is 0 Å². The molecule has 1 atom stereocenters. The van der Waals surface area contributed by atoms with Crippen LogP contribution in [0.4, 0.5) is 0 Å². The van der Waals surface area contributed by atoms with Crippen LogP contribution in [0.25, 0.3) is 0 Å². The van der Waals surface area contributed by atoms with Gasteiger partial charge in [-0.1, -0.05) is 6.08 Å². The molecule has 0 aromatic rings. The average molecular weight is 186 g/mol. The van der Waals surface area contributed by atoms with Crippen molar-refractivity contribution in [1.29, 1.82) is 0 Å². The molecule has 12 heavy (non-hydrogen) atoms. The van der Waals surface area contributed by atoms with E-state index in [-0.39, 0.29) is 12.1 Å². The second-order valence-corrected chi connectivity index (χ2v) is 4.01. The van der Waals surface area contributed by atoms with Gasteiger partial charge in [0.15, 0.2) is 0 Å². The highest BCUT2D eigenvalue weighted by molar-refractivity contribution is 7.99. The van der Waals surface area contributed by atoms with Crippen LogP contribution >= 0.6 is 11.8 Å². The van der Waals surface area contributed by atoms with Gasteiger partial charge in [0.05, 0.1) is 0 Å². The largest absolute Gasteiger partial charge is 0.458 e. The van der Waals surface area contributed by atoms with E-state index in [1.807, 2.05) is 18.7 Å². The zero-order valence-corrected chi connectivity index (χ0v) is 8.32. The highest BCUT2D eigenvalue weighted by atomic mass is 32.2. The third-order valence-corrected chi connectivity index (χ3v) is 3.05. The van der Waals surface area contributed by atoms with E-state index < -0.39 is 0 Å². The van der Waals surface area contributed by atoms with Crippen LogP contribution in [0.1, 0.15) is 20.3 Å². The summed E-state index contributed by atoms with van der Waals surface area (Å²) < 4.78 is 5.24. The Balaban J connectivity index is 2.35. The molecule has 1 saturated heterocycles. The number of rotatable bonds is 2. The molecule has 1 heterocycles. The van der Waals surface area contributed by atoms with E-state index in [4.69, 9.17) is 4.74 Å². The number of allylic oxidation sites excluding steroid dienone is 1. The molecule has 0 bridgehead atoms. The smallest absolute Gasteiger partial charge is 0.333 e. The molecule has 0 radical (unpaired) electrons. The summed E-state index contributed by atoms with van der Waals surface area (Å²) >= 11 is 1.85. The van der Waals surface area contributed by atoms with Gasteiger partial charge in [0, 0.05) is 11.3 Å². The van der Waals surface area contributed by atoms with Gasteiger partial charge >= 0.3 is 5.97 Å². The number of hydrogen-bond donors (Lipinski definition) is 0. The van der Waals surface area contributed by atoms with Gasteiger partial charge in [0.25, 0.3) is 0 Å². The van der Waals surface area contributed by atoms with Crippen LogP contribution in [0.15, 0.2) is 11.6 Å². The van der Waals surface area contributed by atoms with Crippen LogP contribution in [0.2, 0.25) is 0 Å². The van der Waals surface area contributed by atoms with Crippen molar-refractivity contribution in [2.75, 3.05) is 11.5 Å². The molecule has 1 unspecified atom stereocenters. The minimum Gasteiger partial charge on any atom is -0.458 e. The molecule has 0 aromatic carbocycles. The summed E-state index contributed by atoms with van der Waals surface area (Å²) in [5.41, 5.74) is 0.701. The lowest BCUT2D eigenvalue weighted by molar-refractivity contribution is -0.143. The highest BCUT2D eigenvalue weighted by Crippen LogP contribution is 2.20. The third-order valence-electron chi connectivity index (χ3n) is 1.92. The van der Waals surface area contributed by atoms with Gasteiger partial charge in [-0.15, -0.1) is 0 Å². The van der Waals surface area contributed by atoms with Crippen LogP contribution in [-0.2, 0) is 9.53 Å². The van der Waals surface area contributed by atoms with Crippen molar-refractivity contribution in [2.45, 2.75) is 26.4 Å². The molecule has 1 aliphatic rings. The number of thioether (sulfide) groups is 1. The standard InChI is InChI=1S/C9H14O2S/c1-3-7(2)9(10)11-8-4-5-12-6-8/h3,8H,4-6H2,1-2H3/b7-3-. The lowest BCUT2D eigenvalue weighted by Crippen LogP contribution is -2.17. The third kappa shape index (κ3) is 2.55. The fourth-order valence-corrected chi connectivity index (χ4v) is 2.06. The lowest BCUT2D eigenvalue weighted by Gasteiger charge is -2.10. The van der Waals surface area contributed by atoms with Crippen molar-refractivity contribution in [3.05, 3.63) is 11.6 Å². The van der Waals surface area contributed by atoms with Gasteiger partial charge in [0.2, 0.25) is 0 Å². The van der Waals surface area contributed by atoms with Crippen LogP contribution < -0.4 is 0 Å². The summed E-state index contributed by atoms with van der Waals surface area (Å²) in [5.74, 6) is 1.92. The maximum Gasteiger partial charge on any atom is 0.333 e. The van der Waals surface area contributed by atoms with E-state index in [2.05, 4.69) is 0 Å². The van der Waals surface area contributed by atoms with E-state index in [0.29, 0.717) is 5.57 Å². The maximum atomic E-state index is 11.2. The first-order valence-electron chi connectivity index (χ1n) is 4.15. The highest BCUT2D eigenvalue weighted by Gasteiger charge is 2.19. The zero-order valence-electron chi connectivity index (χ0n) is 7.50. The Morgan fingerprint density at radius 1 is 1.67 bits per heavy atom. The minimum atomic E-state index is -0.162. The maximum absolute atomic E-state index is 11.2. The molecular weight excluding hydrogens is 172 g/mol. The van der Waals surface area contributed by atoms with Crippen molar-refractivity contribution >= 4 is 17.7 Å². The van der Waals surface area contributed by atoms with Gasteiger partial charge in [0.1, 0.15) is 6.10 Å². The fraction of sp³-hybridized carbons (Fsp3) is 0.667. The number of ether oxygens (including phenoxy) is 1. The Labute approximate surface area is 77.4 Å². The Bertz CT molecular complexity index is 193. The Kier molecular flexibility index (Phi) is 3.66. The first-order valence-corrected chi connectivity index (χ1v) is 5.31. The average Bonchev–Trinajstić information content (AvgIpc) is 2.55. The van der Waals surface area contributed by atoms with Crippen molar-refractivity contribution in [3.63, 3.8) is 0 Å². The molecule has 1 aliphatic heterocycles. The van der Waals surface area contributed by atoms with E-state index in [1.54, 1.807) is 13.0 Å². The van der Waals surface area contributed by atoms with Gasteiger partial charge in [-0.25, -0.2) is 4.79 Å². The lowest BCUT2D eigenvalue weighted by atomic mass is 10.3. The molecular formula is C9H14O2S. The fourth-order valence-electron chi connectivity index (χ4n) is 0.968. The quantitative estimate of drug-likeness (QED) is 0.487. The van der Waals surface area contributed by atoms with Crippen molar-refractivity contribution in [1.82, 2.24) is 0 Å². The van der Waals surface area contributed by atoms with Crippen molar-refractivity contribution in [2.24, 2.45) is 0 Å². The van der Waals surface area contributed by atoms with E-state index in [9.17, 15) is 4.79 Å². The van der Waals surface area contributed by atoms with Gasteiger partial charge in [-0.05, 0) is 26.0 Å².